The number of carbonyl (C=O) groups is 4. The van der Waals surface area contributed by atoms with Crippen LogP contribution in [0.2, 0.25) is 0 Å². The molecule has 1 aromatic carbocycles. The number of piperidine rings is 1. The molecule has 0 saturated carbocycles. The number of unbranched alkanes of at least 4 members (excludes halogenated alkanes) is 12. The number of imide groups is 1. The lowest BCUT2D eigenvalue weighted by Crippen LogP contribution is -3.00. The number of rotatable bonds is 22. The quantitative estimate of drug-likeness (QED) is 0.0662. The second kappa shape index (κ2) is 21.8. The van der Waals surface area contributed by atoms with Crippen LogP contribution >= 0.6 is 0 Å². The van der Waals surface area contributed by atoms with E-state index in [9.17, 15) is 19.2 Å². The number of quaternary nitrogens is 1. The highest BCUT2D eigenvalue weighted by Gasteiger charge is 2.37. The van der Waals surface area contributed by atoms with Crippen molar-refractivity contribution in [3.8, 4) is 0 Å². The van der Waals surface area contributed by atoms with E-state index in [1.807, 2.05) is 6.07 Å². The predicted octanol–water partition coefficient (Wildman–Crippen LogP) is 3.45. The fourth-order valence-corrected chi connectivity index (χ4v) is 5.75. The summed E-state index contributed by atoms with van der Waals surface area (Å²) >= 11 is 0. The fourth-order valence-electron chi connectivity index (χ4n) is 5.75. The number of benzene rings is 1. The Morgan fingerprint density at radius 1 is 0.810 bits per heavy atom. The molecule has 3 amide bonds. The third-order valence-corrected chi connectivity index (χ3v) is 8.37. The lowest BCUT2D eigenvalue weighted by Gasteiger charge is -2.35. The molecule has 2 rings (SSSR count). The summed E-state index contributed by atoms with van der Waals surface area (Å²) in [5.74, 6) is -1.27. The lowest BCUT2D eigenvalue weighted by molar-refractivity contribution is -0.902. The smallest absolute Gasteiger partial charge is 0.275 e. The Morgan fingerprint density at radius 2 is 1.31 bits per heavy atom. The molecule has 1 fully saturated rings. The number of nitrogens with one attached hydrogen (secondary N) is 1. The fraction of sp³-hybridized carbons (Fsp3) is 0.706. The zero-order valence-corrected chi connectivity index (χ0v) is 28.7. The van der Waals surface area contributed by atoms with Crippen molar-refractivity contribution in [2.75, 3.05) is 33.2 Å². The van der Waals surface area contributed by atoms with Gasteiger partial charge in [-0.15, -0.1) is 0 Å². The summed E-state index contributed by atoms with van der Waals surface area (Å²) < 4.78 is 0.672. The maximum atomic E-state index is 13.3. The summed E-state index contributed by atoms with van der Waals surface area (Å²) in [5.41, 5.74) is 0.461. The number of ketones is 1. The van der Waals surface area contributed by atoms with Gasteiger partial charge in [0.15, 0.2) is 12.3 Å². The SMILES string of the molecule is CCCCCCCCC[N+](C)(CCCCCCCCC)CC(=O)NC1CCC(=O)N(CC(=O)c2ccccc2)C1=O.[I-]. The molecule has 238 valence electrons. The predicted molar refractivity (Wildman–Crippen MR) is 165 cm³/mol. The third kappa shape index (κ3) is 14.6. The van der Waals surface area contributed by atoms with Crippen LogP contribution in [-0.4, -0.2) is 72.2 Å². The Morgan fingerprint density at radius 3 is 1.83 bits per heavy atom. The minimum atomic E-state index is -0.769. The van der Waals surface area contributed by atoms with Gasteiger partial charge < -0.3 is 33.8 Å². The van der Waals surface area contributed by atoms with Crippen LogP contribution in [0.1, 0.15) is 127 Å². The molecule has 42 heavy (non-hydrogen) atoms. The second-order valence-corrected chi connectivity index (χ2v) is 12.2. The Balaban J connectivity index is 0.00000882. The number of likely N-dealkylation sites (N-methyl/N-ethyl adjacent to an activating group) is 1. The topological polar surface area (TPSA) is 83.6 Å². The Kier molecular flexibility index (Phi) is 19.8. The van der Waals surface area contributed by atoms with Crippen LogP contribution in [0.15, 0.2) is 30.3 Å². The van der Waals surface area contributed by atoms with E-state index in [1.54, 1.807) is 24.3 Å². The van der Waals surface area contributed by atoms with Gasteiger partial charge in [-0.05, 0) is 32.1 Å². The number of hydrogen-bond acceptors (Lipinski definition) is 4. The van der Waals surface area contributed by atoms with Gasteiger partial charge >= 0.3 is 0 Å². The first-order valence-corrected chi connectivity index (χ1v) is 16.3. The Hall–Kier alpha value is -1.81. The summed E-state index contributed by atoms with van der Waals surface area (Å²) in [4.78, 5) is 52.7. The lowest BCUT2D eigenvalue weighted by atomic mass is 10.0. The molecular weight excluding hydrogens is 641 g/mol. The van der Waals surface area contributed by atoms with E-state index in [-0.39, 0.29) is 61.0 Å². The molecule has 0 spiro atoms. The monoisotopic (exact) mass is 697 g/mol. The molecule has 0 bridgehead atoms. The number of carbonyl (C=O) groups excluding carboxylic acids is 4. The molecule has 8 heteroatoms. The highest BCUT2D eigenvalue weighted by Crippen LogP contribution is 2.17. The number of Topliss-reactive ketones (excluding diaryl/α,β-unsaturated/α-hetero) is 1. The van der Waals surface area contributed by atoms with Gasteiger partial charge in [0.05, 0.1) is 26.7 Å². The van der Waals surface area contributed by atoms with E-state index in [4.69, 9.17) is 0 Å². The van der Waals surface area contributed by atoms with E-state index in [1.165, 1.54) is 77.0 Å². The molecule has 0 aromatic heterocycles. The first kappa shape index (κ1) is 38.2. The third-order valence-electron chi connectivity index (χ3n) is 8.37. The Bertz CT molecular complexity index is 922. The van der Waals surface area contributed by atoms with Crippen LogP contribution in [0.3, 0.4) is 0 Å². The number of hydrogen-bond donors (Lipinski definition) is 1. The van der Waals surface area contributed by atoms with Gasteiger partial charge in [0.2, 0.25) is 5.91 Å². The maximum Gasteiger partial charge on any atom is 0.275 e. The Labute approximate surface area is 272 Å². The van der Waals surface area contributed by atoms with E-state index in [2.05, 4.69) is 26.2 Å². The van der Waals surface area contributed by atoms with Crippen LogP contribution in [-0.2, 0) is 14.4 Å². The van der Waals surface area contributed by atoms with E-state index < -0.39 is 11.9 Å². The van der Waals surface area contributed by atoms with E-state index in [0.29, 0.717) is 16.6 Å². The molecule has 7 nitrogen and oxygen atoms in total. The first-order chi connectivity index (χ1) is 19.8. The van der Waals surface area contributed by atoms with Crippen molar-refractivity contribution in [2.45, 2.75) is 123 Å². The van der Waals surface area contributed by atoms with Crippen molar-refractivity contribution in [3.05, 3.63) is 35.9 Å². The summed E-state index contributed by atoms with van der Waals surface area (Å²) in [6.45, 7) is 6.40. The average Bonchev–Trinajstić information content (AvgIpc) is 2.96. The van der Waals surface area contributed by atoms with E-state index >= 15 is 0 Å². The van der Waals surface area contributed by atoms with Crippen molar-refractivity contribution in [2.24, 2.45) is 0 Å². The molecule has 1 aromatic rings. The van der Waals surface area contributed by atoms with E-state index in [0.717, 1.165) is 30.8 Å². The van der Waals surface area contributed by atoms with Gasteiger partial charge in [-0.2, -0.15) is 0 Å². The van der Waals surface area contributed by atoms with Gasteiger partial charge in [0.1, 0.15) is 6.04 Å². The second-order valence-electron chi connectivity index (χ2n) is 12.2. The highest BCUT2D eigenvalue weighted by atomic mass is 127. The molecular formula is C34H56IN3O4. The molecule has 0 aliphatic carbocycles. The number of nitrogens with zero attached hydrogens (tertiary/aromatic N) is 2. The molecule has 1 saturated heterocycles. The molecule has 1 heterocycles. The summed E-state index contributed by atoms with van der Waals surface area (Å²) in [5, 5.41) is 2.93. The van der Waals surface area contributed by atoms with Crippen molar-refractivity contribution in [1.29, 1.82) is 0 Å². The molecule has 0 radical (unpaired) electrons. The molecule has 1 atom stereocenters. The van der Waals surface area contributed by atoms with Crippen LogP contribution in [0.5, 0.6) is 0 Å². The molecule has 1 aliphatic heterocycles. The molecule has 1 unspecified atom stereocenters. The van der Waals surface area contributed by atoms with Gasteiger partial charge in [0, 0.05) is 12.0 Å². The highest BCUT2D eigenvalue weighted by molar-refractivity contribution is 6.07. The molecule has 1 aliphatic rings. The maximum absolute atomic E-state index is 13.3. The van der Waals surface area contributed by atoms with Crippen LogP contribution in [0, 0.1) is 0 Å². The summed E-state index contributed by atoms with van der Waals surface area (Å²) in [7, 11) is 2.17. The minimum absolute atomic E-state index is 0. The van der Waals surface area contributed by atoms with Gasteiger partial charge in [-0.25, -0.2) is 0 Å². The van der Waals surface area contributed by atoms with Crippen LogP contribution in [0.25, 0.3) is 0 Å². The van der Waals surface area contributed by atoms with Gasteiger partial charge in [-0.1, -0.05) is 108 Å². The average molecular weight is 698 g/mol. The van der Waals surface area contributed by atoms with Crippen LogP contribution < -0.4 is 29.3 Å². The van der Waals surface area contributed by atoms with Gasteiger partial charge in [0.25, 0.3) is 11.8 Å². The van der Waals surface area contributed by atoms with Gasteiger partial charge in [-0.3, -0.25) is 24.1 Å². The van der Waals surface area contributed by atoms with Crippen molar-refractivity contribution < 1.29 is 47.6 Å². The number of likely N-dealkylation sites (tertiary alicyclic amines) is 1. The van der Waals surface area contributed by atoms with Crippen molar-refractivity contribution in [1.82, 2.24) is 10.2 Å². The first-order valence-electron chi connectivity index (χ1n) is 16.3. The number of halogens is 1. The number of amides is 3. The zero-order valence-electron chi connectivity index (χ0n) is 26.5. The molecule has 1 N–H and O–H groups in total. The summed E-state index contributed by atoms with van der Waals surface area (Å²) in [6.07, 6.45) is 17.7. The largest absolute Gasteiger partial charge is 1.00 e. The normalized spacial score (nSPS) is 15.4. The van der Waals surface area contributed by atoms with Crippen LogP contribution in [0.4, 0.5) is 0 Å². The van der Waals surface area contributed by atoms with Crippen molar-refractivity contribution >= 4 is 23.5 Å². The zero-order chi connectivity index (χ0) is 29.9. The van der Waals surface area contributed by atoms with Crippen molar-refractivity contribution in [3.63, 3.8) is 0 Å². The minimum Gasteiger partial charge on any atom is -1.00 e. The summed E-state index contributed by atoms with van der Waals surface area (Å²) in [6, 6.07) is 7.90. The standard InChI is InChI=1S/C34H55N3O4.HI/c1-4-6-8-10-12-14-19-25-37(3,26-20-15-13-11-9-7-5-2)28-32(39)35-30-23-24-33(40)36(34(30)41)27-31(38)29-21-17-16-18-22-29;/h16-18,21-22,30H,4-15,19-20,23-28H2,1-3H3;1H.